The monoisotopic (exact) mass is 279 g/mol. The Hall–Kier alpha value is -0.670. The van der Waals surface area contributed by atoms with E-state index in [0.29, 0.717) is 12.2 Å². The van der Waals surface area contributed by atoms with Crippen LogP contribution in [0, 0.1) is 0 Å². The lowest BCUT2D eigenvalue weighted by Gasteiger charge is -2.39. The van der Waals surface area contributed by atoms with Crippen LogP contribution < -0.4 is 0 Å². The maximum Gasteiger partial charge on any atom is 0.153 e. The van der Waals surface area contributed by atoms with Crippen LogP contribution >= 0.6 is 11.3 Å². The van der Waals surface area contributed by atoms with Gasteiger partial charge >= 0.3 is 0 Å². The third-order valence-corrected chi connectivity index (χ3v) is 5.35. The summed E-state index contributed by atoms with van der Waals surface area (Å²) in [6, 6.07) is 2.13. The molecule has 1 aromatic rings. The average molecular weight is 279 g/mol. The fourth-order valence-electron chi connectivity index (χ4n) is 3.34. The maximum absolute atomic E-state index is 12.8. The SMILES string of the molecule is CCC(CC)(C(=O)CCc1ccsc1)N1CCCC1. The lowest BCUT2D eigenvalue weighted by atomic mass is 9.83. The van der Waals surface area contributed by atoms with Gasteiger partial charge in [0.2, 0.25) is 0 Å². The van der Waals surface area contributed by atoms with Crippen LogP contribution in [-0.4, -0.2) is 29.3 Å². The number of rotatable bonds is 7. The number of hydrogen-bond acceptors (Lipinski definition) is 3. The van der Waals surface area contributed by atoms with Crippen LogP contribution in [0.3, 0.4) is 0 Å². The minimum atomic E-state index is -0.188. The topological polar surface area (TPSA) is 20.3 Å². The summed E-state index contributed by atoms with van der Waals surface area (Å²) in [6.07, 6.45) is 5.99. The summed E-state index contributed by atoms with van der Waals surface area (Å²) in [7, 11) is 0. The van der Waals surface area contributed by atoms with Crippen molar-refractivity contribution in [3.63, 3.8) is 0 Å². The second-order valence-electron chi connectivity index (χ2n) is 5.49. The molecule has 2 nitrogen and oxygen atoms in total. The second-order valence-corrected chi connectivity index (χ2v) is 6.27. The zero-order valence-electron chi connectivity index (χ0n) is 12.2. The Bertz CT molecular complexity index is 389. The molecular formula is C16H25NOS. The summed E-state index contributed by atoms with van der Waals surface area (Å²) in [5, 5.41) is 4.25. The number of carbonyl (C=O) groups excluding carboxylic acids is 1. The Balaban J connectivity index is 2.03. The van der Waals surface area contributed by atoms with Crippen LogP contribution in [0.4, 0.5) is 0 Å². The molecule has 0 unspecified atom stereocenters. The minimum Gasteiger partial charge on any atom is -0.298 e. The van der Waals surface area contributed by atoms with Gasteiger partial charge < -0.3 is 0 Å². The Morgan fingerprint density at radius 3 is 2.53 bits per heavy atom. The molecule has 106 valence electrons. The van der Waals surface area contributed by atoms with E-state index in [-0.39, 0.29) is 5.54 Å². The van der Waals surface area contributed by atoms with E-state index < -0.39 is 0 Å². The van der Waals surface area contributed by atoms with E-state index in [1.165, 1.54) is 18.4 Å². The largest absolute Gasteiger partial charge is 0.298 e. The predicted octanol–water partition coefficient (Wildman–Crippen LogP) is 3.90. The van der Waals surface area contributed by atoms with Crippen molar-refractivity contribution >= 4 is 17.1 Å². The Morgan fingerprint density at radius 2 is 2.00 bits per heavy atom. The normalized spacial score (nSPS) is 16.9. The molecule has 0 spiro atoms. The number of ketones is 1. The average Bonchev–Trinajstić information content (AvgIpc) is 3.12. The number of aryl methyl sites for hydroxylation is 1. The molecule has 0 N–H and O–H groups in total. The number of nitrogens with zero attached hydrogens (tertiary/aromatic N) is 1. The van der Waals surface area contributed by atoms with Crippen molar-refractivity contribution in [2.24, 2.45) is 0 Å². The summed E-state index contributed by atoms with van der Waals surface area (Å²) >= 11 is 1.71. The number of Topliss-reactive ketones (excluding diaryl/α,β-unsaturated/α-hetero) is 1. The Morgan fingerprint density at radius 1 is 1.32 bits per heavy atom. The molecule has 2 rings (SSSR count). The highest BCUT2D eigenvalue weighted by Crippen LogP contribution is 2.30. The molecule has 0 radical (unpaired) electrons. The molecule has 0 aliphatic carbocycles. The van der Waals surface area contributed by atoms with Gasteiger partial charge in [-0.25, -0.2) is 0 Å². The molecule has 1 saturated heterocycles. The van der Waals surface area contributed by atoms with Crippen molar-refractivity contribution in [1.82, 2.24) is 4.90 Å². The van der Waals surface area contributed by atoms with E-state index >= 15 is 0 Å². The quantitative estimate of drug-likeness (QED) is 0.754. The Kier molecular flexibility index (Phi) is 5.17. The first-order chi connectivity index (χ1) is 9.23. The highest BCUT2D eigenvalue weighted by atomic mass is 32.1. The molecule has 0 amide bonds. The number of thiophene rings is 1. The second kappa shape index (κ2) is 6.67. The molecule has 0 atom stereocenters. The fourth-order valence-corrected chi connectivity index (χ4v) is 4.04. The van der Waals surface area contributed by atoms with Crippen molar-refractivity contribution in [2.75, 3.05) is 13.1 Å². The van der Waals surface area contributed by atoms with Crippen LogP contribution in [0.1, 0.15) is 51.5 Å². The van der Waals surface area contributed by atoms with Crippen molar-refractivity contribution in [2.45, 2.75) is 57.9 Å². The first-order valence-electron chi connectivity index (χ1n) is 7.52. The van der Waals surface area contributed by atoms with E-state index in [1.807, 2.05) is 0 Å². The zero-order valence-corrected chi connectivity index (χ0v) is 13.0. The predicted molar refractivity (Wildman–Crippen MR) is 81.8 cm³/mol. The van der Waals surface area contributed by atoms with Gasteiger partial charge in [-0.2, -0.15) is 11.3 Å². The summed E-state index contributed by atoms with van der Waals surface area (Å²) in [6.45, 7) is 6.55. The Labute approximate surface area is 120 Å². The molecule has 2 heterocycles. The summed E-state index contributed by atoms with van der Waals surface area (Å²) in [4.78, 5) is 15.2. The minimum absolute atomic E-state index is 0.188. The van der Waals surface area contributed by atoms with Crippen molar-refractivity contribution < 1.29 is 4.79 Å². The number of likely N-dealkylation sites (tertiary alicyclic amines) is 1. The van der Waals surface area contributed by atoms with E-state index in [2.05, 4.69) is 35.6 Å². The smallest absolute Gasteiger partial charge is 0.153 e. The molecule has 0 bridgehead atoms. The van der Waals surface area contributed by atoms with Gasteiger partial charge in [-0.15, -0.1) is 0 Å². The van der Waals surface area contributed by atoms with Gasteiger partial charge in [-0.05, 0) is 67.6 Å². The van der Waals surface area contributed by atoms with E-state index in [0.717, 1.165) is 32.4 Å². The van der Waals surface area contributed by atoms with Gasteiger partial charge in [-0.1, -0.05) is 13.8 Å². The third kappa shape index (κ3) is 3.09. The maximum atomic E-state index is 12.8. The van der Waals surface area contributed by atoms with E-state index in [1.54, 1.807) is 11.3 Å². The molecule has 1 aromatic heterocycles. The van der Waals surface area contributed by atoms with Crippen LogP contribution in [0.2, 0.25) is 0 Å². The molecule has 19 heavy (non-hydrogen) atoms. The molecule has 0 saturated carbocycles. The van der Waals surface area contributed by atoms with Crippen LogP contribution in [0.15, 0.2) is 16.8 Å². The van der Waals surface area contributed by atoms with Gasteiger partial charge in [0.25, 0.3) is 0 Å². The number of carbonyl (C=O) groups is 1. The van der Waals surface area contributed by atoms with Crippen molar-refractivity contribution in [1.29, 1.82) is 0 Å². The summed E-state index contributed by atoms with van der Waals surface area (Å²) < 4.78 is 0. The molecule has 1 aliphatic heterocycles. The van der Waals surface area contributed by atoms with Crippen molar-refractivity contribution in [3.05, 3.63) is 22.4 Å². The van der Waals surface area contributed by atoms with E-state index in [4.69, 9.17) is 0 Å². The standard InChI is InChI=1S/C16H25NOS/c1-3-16(4-2,17-10-5-6-11-17)15(18)8-7-14-9-12-19-13-14/h9,12-13H,3-8,10-11H2,1-2H3. The molecule has 1 aliphatic rings. The van der Waals surface area contributed by atoms with Gasteiger partial charge in [0.1, 0.15) is 0 Å². The first-order valence-corrected chi connectivity index (χ1v) is 8.46. The van der Waals surface area contributed by atoms with Crippen LogP contribution in [0.25, 0.3) is 0 Å². The molecule has 3 heteroatoms. The highest BCUT2D eigenvalue weighted by Gasteiger charge is 2.40. The van der Waals surface area contributed by atoms with Crippen LogP contribution in [-0.2, 0) is 11.2 Å². The lowest BCUT2D eigenvalue weighted by Crippen LogP contribution is -2.52. The molecule has 1 fully saturated rings. The third-order valence-electron chi connectivity index (χ3n) is 4.62. The summed E-state index contributed by atoms with van der Waals surface area (Å²) in [5.41, 5.74) is 1.12. The van der Waals surface area contributed by atoms with Gasteiger partial charge in [0.05, 0.1) is 5.54 Å². The van der Waals surface area contributed by atoms with Gasteiger partial charge in [0, 0.05) is 6.42 Å². The molecule has 0 aromatic carbocycles. The summed E-state index contributed by atoms with van der Waals surface area (Å²) in [5.74, 6) is 0.450. The van der Waals surface area contributed by atoms with Crippen molar-refractivity contribution in [3.8, 4) is 0 Å². The van der Waals surface area contributed by atoms with Crippen LogP contribution in [0.5, 0.6) is 0 Å². The van der Waals surface area contributed by atoms with Gasteiger partial charge in [-0.3, -0.25) is 9.69 Å². The first kappa shape index (κ1) is 14.7. The number of hydrogen-bond donors (Lipinski definition) is 0. The van der Waals surface area contributed by atoms with Gasteiger partial charge in [0.15, 0.2) is 5.78 Å². The van der Waals surface area contributed by atoms with E-state index in [9.17, 15) is 4.79 Å². The fraction of sp³-hybridized carbons (Fsp3) is 0.688. The molecular weight excluding hydrogens is 254 g/mol. The zero-order chi connectivity index (χ0) is 13.7. The highest BCUT2D eigenvalue weighted by molar-refractivity contribution is 7.07. The lowest BCUT2D eigenvalue weighted by molar-refractivity contribution is -0.131.